The van der Waals surface area contributed by atoms with Crippen molar-refractivity contribution in [2.24, 2.45) is 5.73 Å². The quantitative estimate of drug-likeness (QED) is 0.825. The summed E-state index contributed by atoms with van der Waals surface area (Å²) in [6.07, 6.45) is 0.902. The molecule has 102 valence electrons. The van der Waals surface area contributed by atoms with Gasteiger partial charge in [0.25, 0.3) is 0 Å². The maximum absolute atomic E-state index is 5.60. The topological polar surface area (TPSA) is 70.5 Å². The Kier molecular flexibility index (Phi) is 4.94. The third-order valence-corrected chi connectivity index (χ3v) is 2.72. The molecule has 0 atom stereocenters. The number of nitrogens with zero attached hydrogens (tertiary/aromatic N) is 1. The van der Waals surface area contributed by atoms with Gasteiger partial charge in [0.1, 0.15) is 12.4 Å². The molecule has 0 aliphatic rings. The Morgan fingerprint density at radius 1 is 1.26 bits per heavy atom. The van der Waals surface area contributed by atoms with Crippen molar-refractivity contribution in [1.29, 1.82) is 0 Å². The van der Waals surface area contributed by atoms with Gasteiger partial charge in [-0.25, -0.2) is 0 Å². The van der Waals surface area contributed by atoms with E-state index in [9.17, 15) is 0 Å². The van der Waals surface area contributed by atoms with Gasteiger partial charge in [0.05, 0.1) is 12.3 Å². The van der Waals surface area contributed by atoms with E-state index in [1.165, 1.54) is 5.56 Å². The lowest BCUT2D eigenvalue weighted by Crippen LogP contribution is -1.97. The smallest absolute Gasteiger partial charge is 0.174 e. The summed E-state index contributed by atoms with van der Waals surface area (Å²) in [4.78, 5) is 0. The minimum Gasteiger partial charge on any atom is -0.486 e. The Morgan fingerprint density at radius 3 is 2.68 bits per heavy atom. The van der Waals surface area contributed by atoms with Crippen LogP contribution in [0.3, 0.4) is 0 Å². The molecule has 0 bridgehead atoms. The van der Waals surface area contributed by atoms with E-state index in [4.69, 9.17) is 19.7 Å². The Bertz CT molecular complexity index is 494. The van der Waals surface area contributed by atoms with E-state index in [2.05, 4.69) is 5.16 Å². The molecule has 2 aromatic rings. The predicted molar refractivity (Wildman–Crippen MR) is 70.7 cm³/mol. The number of hydrogen-bond acceptors (Lipinski definition) is 5. The molecule has 2 N–H and O–H groups in total. The van der Waals surface area contributed by atoms with E-state index in [-0.39, 0.29) is 0 Å². The largest absolute Gasteiger partial charge is 0.486 e. The molecule has 0 saturated heterocycles. The first-order chi connectivity index (χ1) is 9.31. The summed E-state index contributed by atoms with van der Waals surface area (Å²) in [7, 11) is 1.70. The van der Waals surface area contributed by atoms with Crippen LogP contribution in [0.2, 0.25) is 0 Å². The summed E-state index contributed by atoms with van der Waals surface area (Å²) in [5.74, 6) is 1.47. The van der Waals surface area contributed by atoms with Gasteiger partial charge >= 0.3 is 0 Å². The molecule has 1 aromatic carbocycles. The van der Waals surface area contributed by atoms with Crippen molar-refractivity contribution in [3.8, 4) is 5.75 Å². The first-order valence-electron chi connectivity index (χ1n) is 6.17. The van der Waals surface area contributed by atoms with E-state index >= 15 is 0 Å². The second-order valence-electron chi connectivity index (χ2n) is 4.16. The Labute approximate surface area is 112 Å². The fraction of sp³-hybridized carbons (Fsp3) is 0.357. The van der Waals surface area contributed by atoms with Gasteiger partial charge < -0.3 is 19.7 Å². The van der Waals surface area contributed by atoms with Crippen LogP contribution in [-0.2, 0) is 24.3 Å². The van der Waals surface area contributed by atoms with Gasteiger partial charge in [-0.3, -0.25) is 0 Å². The number of nitrogens with two attached hydrogens (primary N) is 1. The van der Waals surface area contributed by atoms with Crippen molar-refractivity contribution in [3.63, 3.8) is 0 Å². The summed E-state index contributed by atoms with van der Waals surface area (Å²) >= 11 is 0. The summed E-state index contributed by atoms with van der Waals surface area (Å²) in [6, 6.07) is 9.73. The summed E-state index contributed by atoms with van der Waals surface area (Å²) < 4.78 is 15.7. The molecule has 1 heterocycles. The minimum absolute atomic E-state index is 0.352. The molecule has 2 rings (SSSR count). The summed E-state index contributed by atoms with van der Waals surface area (Å²) in [5.41, 5.74) is 7.41. The number of rotatable bonds is 7. The maximum atomic E-state index is 5.60. The Morgan fingerprint density at radius 2 is 2.05 bits per heavy atom. The van der Waals surface area contributed by atoms with E-state index in [0.29, 0.717) is 18.9 Å². The van der Waals surface area contributed by atoms with Crippen LogP contribution in [0.1, 0.15) is 17.0 Å². The average Bonchev–Trinajstić information content (AvgIpc) is 2.92. The highest BCUT2D eigenvalue weighted by atomic mass is 16.5. The molecular weight excluding hydrogens is 244 g/mol. The zero-order valence-corrected chi connectivity index (χ0v) is 11.0. The molecule has 0 aliphatic heterocycles. The second kappa shape index (κ2) is 6.92. The fourth-order valence-corrected chi connectivity index (χ4v) is 1.65. The molecule has 0 amide bonds. The Balaban J connectivity index is 1.85. The maximum Gasteiger partial charge on any atom is 0.174 e. The number of benzene rings is 1. The first kappa shape index (κ1) is 13.6. The van der Waals surface area contributed by atoms with Gasteiger partial charge in [0.2, 0.25) is 0 Å². The number of methoxy groups -OCH3 is 1. The highest BCUT2D eigenvalue weighted by Gasteiger charge is 2.03. The average molecular weight is 262 g/mol. The van der Waals surface area contributed by atoms with Crippen molar-refractivity contribution in [3.05, 3.63) is 47.3 Å². The zero-order chi connectivity index (χ0) is 13.5. The standard InChI is InChI=1S/C14H18N2O3/c1-17-7-6-11-2-4-13(5-3-11)18-10-14-8-12(9-15)16-19-14/h2-5,8H,6-7,9-10,15H2,1H3. The van der Waals surface area contributed by atoms with Crippen molar-refractivity contribution >= 4 is 0 Å². The Hall–Kier alpha value is -1.85. The monoisotopic (exact) mass is 262 g/mol. The molecule has 0 radical (unpaired) electrons. The van der Waals surface area contributed by atoms with Gasteiger partial charge in [-0.2, -0.15) is 0 Å². The molecular formula is C14H18N2O3. The van der Waals surface area contributed by atoms with E-state index < -0.39 is 0 Å². The van der Waals surface area contributed by atoms with Crippen LogP contribution < -0.4 is 10.5 Å². The number of hydrogen-bond donors (Lipinski definition) is 1. The minimum atomic E-state index is 0.352. The molecule has 5 nitrogen and oxygen atoms in total. The molecule has 0 spiro atoms. The van der Waals surface area contributed by atoms with Crippen LogP contribution in [0.5, 0.6) is 5.75 Å². The van der Waals surface area contributed by atoms with Crippen LogP contribution in [0.25, 0.3) is 0 Å². The van der Waals surface area contributed by atoms with Crippen molar-refractivity contribution in [1.82, 2.24) is 5.16 Å². The van der Waals surface area contributed by atoms with Gasteiger partial charge in [0, 0.05) is 19.7 Å². The third-order valence-electron chi connectivity index (χ3n) is 2.72. The normalized spacial score (nSPS) is 10.6. The number of aromatic nitrogens is 1. The lowest BCUT2D eigenvalue weighted by Gasteiger charge is -2.05. The second-order valence-corrected chi connectivity index (χ2v) is 4.16. The third kappa shape index (κ3) is 4.08. The van der Waals surface area contributed by atoms with Crippen LogP contribution in [-0.4, -0.2) is 18.9 Å². The molecule has 0 saturated carbocycles. The van der Waals surface area contributed by atoms with Crippen molar-refractivity contribution < 1.29 is 14.0 Å². The molecule has 5 heteroatoms. The van der Waals surface area contributed by atoms with E-state index in [1.807, 2.05) is 24.3 Å². The van der Waals surface area contributed by atoms with Gasteiger partial charge in [-0.15, -0.1) is 0 Å². The molecule has 1 aromatic heterocycles. The number of ether oxygens (including phenoxy) is 2. The highest BCUT2D eigenvalue weighted by Crippen LogP contribution is 2.15. The summed E-state index contributed by atoms with van der Waals surface area (Å²) in [6.45, 7) is 1.45. The van der Waals surface area contributed by atoms with Crippen LogP contribution in [0.4, 0.5) is 0 Å². The molecule has 0 aliphatic carbocycles. The van der Waals surface area contributed by atoms with Crippen LogP contribution >= 0.6 is 0 Å². The SMILES string of the molecule is COCCc1ccc(OCc2cc(CN)no2)cc1. The van der Waals surface area contributed by atoms with Gasteiger partial charge in [0.15, 0.2) is 5.76 Å². The summed E-state index contributed by atoms with van der Waals surface area (Å²) in [5, 5.41) is 3.80. The van der Waals surface area contributed by atoms with E-state index in [1.54, 1.807) is 13.2 Å². The first-order valence-corrected chi connectivity index (χ1v) is 6.17. The van der Waals surface area contributed by atoms with Crippen molar-refractivity contribution in [2.75, 3.05) is 13.7 Å². The van der Waals surface area contributed by atoms with E-state index in [0.717, 1.165) is 24.5 Å². The fourth-order valence-electron chi connectivity index (χ4n) is 1.65. The highest BCUT2D eigenvalue weighted by molar-refractivity contribution is 5.27. The van der Waals surface area contributed by atoms with Crippen LogP contribution in [0, 0.1) is 0 Å². The lowest BCUT2D eigenvalue weighted by molar-refractivity contribution is 0.202. The van der Waals surface area contributed by atoms with Crippen LogP contribution in [0.15, 0.2) is 34.9 Å². The predicted octanol–water partition coefficient (Wildman–Crippen LogP) is 1.90. The zero-order valence-electron chi connectivity index (χ0n) is 11.0. The van der Waals surface area contributed by atoms with Crippen molar-refractivity contribution in [2.45, 2.75) is 19.6 Å². The molecule has 19 heavy (non-hydrogen) atoms. The van der Waals surface area contributed by atoms with Gasteiger partial charge in [-0.1, -0.05) is 17.3 Å². The molecule has 0 unspecified atom stereocenters. The lowest BCUT2D eigenvalue weighted by atomic mass is 10.1. The van der Waals surface area contributed by atoms with Gasteiger partial charge in [-0.05, 0) is 24.1 Å². The molecule has 0 fully saturated rings.